The van der Waals surface area contributed by atoms with Gasteiger partial charge in [0.15, 0.2) is 0 Å². The largest absolute Gasteiger partial charge is 0.344 e. The molecule has 0 aromatic heterocycles. The lowest BCUT2D eigenvalue weighted by atomic mass is 11.2. The smallest absolute Gasteiger partial charge is 0.257 e. The molecule has 1 fully saturated rings. The first-order valence-corrected chi connectivity index (χ1v) is 3.18. The summed E-state index contributed by atoms with van der Waals surface area (Å²) in [6.45, 7) is 0. The molecule has 2 amide bonds. The van der Waals surface area contributed by atoms with Crippen molar-refractivity contribution >= 4 is 16.2 Å². The van der Waals surface area contributed by atoms with Crippen LogP contribution in [0.5, 0.6) is 0 Å². The van der Waals surface area contributed by atoms with E-state index in [4.69, 9.17) is 0 Å². The van der Waals surface area contributed by atoms with Gasteiger partial charge in [0, 0.05) is 0 Å². The van der Waals surface area contributed by atoms with Crippen molar-refractivity contribution in [3.63, 3.8) is 0 Å². The molecule has 3 N–H and O–H groups in total. The number of hydrogen-bond acceptors (Lipinski definition) is 3. The monoisotopic (exact) mass is 137 g/mol. The van der Waals surface area contributed by atoms with Crippen LogP contribution in [0.3, 0.4) is 0 Å². The summed E-state index contributed by atoms with van der Waals surface area (Å²) in [5.41, 5.74) is 1.82. The van der Waals surface area contributed by atoms with Crippen molar-refractivity contribution in [2.24, 2.45) is 0 Å². The third-order valence-electron chi connectivity index (χ3n) is 0.526. The minimum Gasteiger partial charge on any atom is -0.257 e. The number of urea groups is 1. The van der Waals surface area contributed by atoms with Crippen LogP contribution in [0, 0.1) is 0 Å². The molecular weight excluding hydrogens is 134 g/mol. The minimum atomic E-state index is -3.56. The summed E-state index contributed by atoms with van der Waals surface area (Å²) in [6.07, 6.45) is 0. The Morgan fingerprint density at radius 1 is 1.38 bits per heavy atom. The number of amides is 2. The van der Waals surface area contributed by atoms with E-state index in [0.29, 0.717) is 0 Å². The zero-order valence-corrected chi connectivity index (χ0v) is 4.45. The maximum absolute atomic E-state index is 10.1. The Kier molecular flexibility index (Phi) is 0.882. The summed E-state index contributed by atoms with van der Waals surface area (Å²) in [4.78, 5) is 11.7. The number of hydrogen-bond donors (Lipinski definition) is 3. The van der Waals surface area contributed by atoms with E-state index in [9.17, 15) is 13.2 Å². The highest BCUT2D eigenvalue weighted by atomic mass is 32.2. The SMILES string of the molecule is O=C1NNS(=O)(=O)N1. The van der Waals surface area contributed by atoms with Crippen molar-refractivity contribution in [1.29, 1.82) is 0 Å². The van der Waals surface area contributed by atoms with Crippen LogP contribution in [0.4, 0.5) is 4.79 Å². The van der Waals surface area contributed by atoms with Crippen LogP contribution in [-0.2, 0) is 10.2 Å². The van der Waals surface area contributed by atoms with E-state index < -0.39 is 16.2 Å². The standard InChI is InChI=1S/CH3N3O3S/c5-1-2-4-8(6,7)3-1/h4H,(H2,2,3,5). The highest BCUT2D eigenvalue weighted by Crippen LogP contribution is 1.79. The molecule has 6 nitrogen and oxygen atoms in total. The summed E-state index contributed by atoms with van der Waals surface area (Å²) in [6, 6.07) is -0.759. The molecule has 0 spiro atoms. The van der Waals surface area contributed by atoms with Gasteiger partial charge in [-0.05, 0) is 0 Å². The number of carbonyl (C=O) groups excluding carboxylic acids is 1. The van der Waals surface area contributed by atoms with Crippen molar-refractivity contribution in [3.05, 3.63) is 0 Å². The van der Waals surface area contributed by atoms with Crippen LogP contribution >= 0.6 is 0 Å². The first-order valence-electron chi connectivity index (χ1n) is 1.70. The van der Waals surface area contributed by atoms with Crippen LogP contribution in [0.1, 0.15) is 0 Å². The fourth-order valence-corrected chi connectivity index (χ4v) is 0.860. The van der Waals surface area contributed by atoms with Crippen LogP contribution in [0.25, 0.3) is 0 Å². The Hall–Kier alpha value is -0.820. The van der Waals surface area contributed by atoms with Crippen molar-refractivity contribution in [2.75, 3.05) is 0 Å². The Labute approximate surface area is 45.4 Å². The molecular formula is CH3N3O3S. The average Bonchev–Trinajstić information content (AvgIpc) is 1.82. The summed E-state index contributed by atoms with van der Waals surface area (Å²) >= 11 is 0. The van der Waals surface area contributed by atoms with E-state index in [0.717, 1.165) is 0 Å². The van der Waals surface area contributed by atoms with Gasteiger partial charge in [-0.1, -0.05) is 0 Å². The van der Waals surface area contributed by atoms with Crippen LogP contribution < -0.4 is 15.0 Å². The lowest BCUT2D eigenvalue weighted by Gasteiger charge is -1.83. The molecule has 0 aromatic carbocycles. The summed E-state index contributed by atoms with van der Waals surface area (Å²) in [7, 11) is -3.56. The molecule has 8 heavy (non-hydrogen) atoms. The molecule has 0 aromatic rings. The molecule has 0 atom stereocenters. The van der Waals surface area contributed by atoms with Gasteiger partial charge < -0.3 is 0 Å². The summed E-state index contributed by atoms with van der Waals surface area (Å²) < 4.78 is 21.9. The quantitative estimate of drug-likeness (QED) is 0.362. The molecule has 1 saturated heterocycles. The van der Waals surface area contributed by atoms with Gasteiger partial charge in [-0.15, -0.1) is 4.83 Å². The molecule has 0 radical (unpaired) electrons. The van der Waals surface area contributed by atoms with Crippen LogP contribution in [-0.4, -0.2) is 14.4 Å². The van der Waals surface area contributed by atoms with Gasteiger partial charge in [0.1, 0.15) is 0 Å². The molecule has 0 aliphatic carbocycles. The predicted octanol–water partition coefficient (Wildman–Crippen LogP) is -1.95. The van der Waals surface area contributed by atoms with E-state index in [1.165, 1.54) is 0 Å². The van der Waals surface area contributed by atoms with Gasteiger partial charge in [-0.25, -0.2) is 9.52 Å². The van der Waals surface area contributed by atoms with Crippen LogP contribution in [0.15, 0.2) is 0 Å². The molecule has 0 bridgehead atoms. The van der Waals surface area contributed by atoms with E-state index in [2.05, 4.69) is 0 Å². The Morgan fingerprint density at radius 3 is 2.12 bits per heavy atom. The van der Waals surface area contributed by atoms with E-state index >= 15 is 0 Å². The second-order valence-electron chi connectivity index (χ2n) is 1.16. The molecule has 7 heteroatoms. The minimum absolute atomic E-state index is 0.759. The lowest BCUT2D eigenvalue weighted by Crippen LogP contribution is -2.27. The molecule has 1 rings (SSSR count). The maximum Gasteiger partial charge on any atom is 0.344 e. The predicted molar refractivity (Wildman–Crippen MR) is 23.7 cm³/mol. The maximum atomic E-state index is 10.1. The van der Waals surface area contributed by atoms with E-state index in [1.54, 1.807) is 9.55 Å². The molecule has 46 valence electrons. The number of hydrazine groups is 1. The lowest BCUT2D eigenvalue weighted by molar-refractivity contribution is 0.248. The highest BCUT2D eigenvalue weighted by molar-refractivity contribution is 7.88. The van der Waals surface area contributed by atoms with Crippen LogP contribution in [0.2, 0.25) is 0 Å². The second-order valence-corrected chi connectivity index (χ2v) is 2.58. The second kappa shape index (κ2) is 1.33. The normalized spacial score (nSPS) is 24.2. The fourth-order valence-electron chi connectivity index (χ4n) is 0.287. The van der Waals surface area contributed by atoms with Crippen molar-refractivity contribution < 1.29 is 13.2 Å². The average molecular weight is 137 g/mol. The van der Waals surface area contributed by atoms with Gasteiger partial charge in [0.2, 0.25) is 0 Å². The topological polar surface area (TPSA) is 87.3 Å². The van der Waals surface area contributed by atoms with Gasteiger partial charge >= 0.3 is 16.2 Å². The highest BCUT2D eigenvalue weighted by Gasteiger charge is 2.21. The summed E-state index contributed by atoms with van der Waals surface area (Å²) in [5, 5.41) is 0. The van der Waals surface area contributed by atoms with Gasteiger partial charge in [0.25, 0.3) is 0 Å². The van der Waals surface area contributed by atoms with E-state index in [-0.39, 0.29) is 0 Å². The van der Waals surface area contributed by atoms with Crippen molar-refractivity contribution in [1.82, 2.24) is 15.0 Å². The van der Waals surface area contributed by atoms with Gasteiger partial charge in [0.05, 0.1) is 0 Å². The third-order valence-corrected chi connectivity index (χ3v) is 1.35. The van der Waals surface area contributed by atoms with Crippen molar-refractivity contribution in [2.45, 2.75) is 0 Å². The summed E-state index contributed by atoms with van der Waals surface area (Å²) in [5.74, 6) is 0. The number of carbonyl (C=O) groups is 1. The zero-order valence-electron chi connectivity index (χ0n) is 3.63. The van der Waals surface area contributed by atoms with E-state index in [1.807, 2.05) is 5.43 Å². The molecule has 0 unspecified atom stereocenters. The number of nitrogens with one attached hydrogen (secondary N) is 3. The van der Waals surface area contributed by atoms with Gasteiger partial charge in [-0.2, -0.15) is 8.42 Å². The first-order chi connectivity index (χ1) is 3.60. The zero-order chi connectivity index (χ0) is 6.20. The Morgan fingerprint density at radius 2 is 2.00 bits per heavy atom. The first kappa shape index (κ1) is 5.32. The Bertz CT molecular complexity index is 205. The van der Waals surface area contributed by atoms with Gasteiger partial charge in [-0.3, -0.25) is 5.43 Å². The molecule has 1 aliphatic heterocycles. The fraction of sp³-hybridized carbons (Fsp3) is 0. The van der Waals surface area contributed by atoms with Crippen molar-refractivity contribution in [3.8, 4) is 0 Å². The molecule has 0 saturated carbocycles. The third kappa shape index (κ3) is 0.873. The molecule has 1 heterocycles. The molecule has 1 aliphatic rings. The number of rotatable bonds is 0. The Balaban J connectivity index is 2.86.